The van der Waals surface area contributed by atoms with Gasteiger partial charge < -0.3 is 5.73 Å². The smallest absolute Gasteiger partial charge is 0.244 e. The van der Waals surface area contributed by atoms with E-state index in [0.29, 0.717) is 24.5 Å². The largest absolute Gasteiger partial charge is 0.329 e. The molecule has 0 aliphatic rings. The van der Waals surface area contributed by atoms with Crippen molar-refractivity contribution in [2.45, 2.75) is 38.3 Å². The Morgan fingerprint density at radius 2 is 2.11 bits per heavy atom. The Labute approximate surface area is 119 Å². The zero-order chi connectivity index (χ0) is 14.6. The van der Waals surface area contributed by atoms with Crippen LogP contribution >= 0.6 is 11.8 Å². The van der Waals surface area contributed by atoms with Gasteiger partial charge in [0.2, 0.25) is 10.0 Å². The molecule has 1 atom stereocenters. The van der Waals surface area contributed by atoms with Gasteiger partial charge in [0.05, 0.1) is 17.9 Å². The summed E-state index contributed by atoms with van der Waals surface area (Å²) in [6.07, 6.45) is 1.95. The van der Waals surface area contributed by atoms with Gasteiger partial charge in [-0.05, 0) is 27.0 Å². The van der Waals surface area contributed by atoms with Crippen LogP contribution in [0.25, 0.3) is 0 Å². The van der Waals surface area contributed by atoms with Gasteiger partial charge in [0.1, 0.15) is 4.90 Å². The summed E-state index contributed by atoms with van der Waals surface area (Å²) < 4.78 is 29.1. The van der Waals surface area contributed by atoms with Crippen molar-refractivity contribution < 1.29 is 8.42 Å². The quantitative estimate of drug-likeness (QED) is 0.765. The SMILES string of the molecule is CSCC(C)NS(=O)(=O)c1c(C)nn(CCN)c1C. The van der Waals surface area contributed by atoms with E-state index in [1.807, 2.05) is 13.2 Å². The van der Waals surface area contributed by atoms with Gasteiger partial charge in [0, 0.05) is 18.3 Å². The highest BCUT2D eigenvalue weighted by molar-refractivity contribution is 7.98. The number of nitrogens with two attached hydrogens (primary N) is 1. The fourth-order valence-electron chi connectivity index (χ4n) is 2.02. The molecule has 1 rings (SSSR count). The van der Waals surface area contributed by atoms with Crippen LogP contribution in [0.1, 0.15) is 18.3 Å². The van der Waals surface area contributed by atoms with Crippen molar-refractivity contribution in [1.29, 1.82) is 0 Å². The summed E-state index contributed by atoms with van der Waals surface area (Å²) in [4.78, 5) is 0.272. The lowest BCUT2D eigenvalue weighted by Crippen LogP contribution is -2.34. The molecule has 0 fully saturated rings. The van der Waals surface area contributed by atoms with Crippen LogP contribution in [-0.4, -0.2) is 42.8 Å². The standard InChI is InChI=1S/C11H22N4O2S2/c1-8(7-18-4)14-19(16,17)11-9(2)13-15(6-5-12)10(11)3/h8,14H,5-7,12H2,1-4H3. The molecule has 0 bridgehead atoms. The van der Waals surface area contributed by atoms with Crippen molar-refractivity contribution >= 4 is 21.8 Å². The summed E-state index contributed by atoms with van der Waals surface area (Å²) in [5, 5.41) is 4.23. The average molecular weight is 306 g/mol. The van der Waals surface area contributed by atoms with Crippen LogP contribution in [0.15, 0.2) is 4.90 Å². The summed E-state index contributed by atoms with van der Waals surface area (Å²) in [6, 6.07) is -0.114. The molecule has 0 aliphatic heterocycles. The number of nitrogens with one attached hydrogen (secondary N) is 1. The monoisotopic (exact) mass is 306 g/mol. The number of hydrogen-bond acceptors (Lipinski definition) is 5. The summed E-state index contributed by atoms with van der Waals surface area (Å²) in [5.74, 6) is 0.730. The molecule has 19 heavy (non-hydrogen) atoms. The highest BCUT2D eigenvalue weighted by Gasteiger charge is 2.25. The molecule has 8 heteroatoms. The van der Waals surface area contributed by atoms with Crippen LogP contribution in [0.3, 0.4) is 0 Å². The maximum atomic E-state index is 12.4. The van der Waals surface area contributed by atoms with Gasteiger partial charge in [0.15, 0.2) is 0 Å². The Morgan fingerprint density at radius 3 is 2.63 bits per heavy atom. The van der Waals surface area contributed by atoms with Gasteiger partial charge in [-0.3, -0.25) is 4.68 Å². The highest BCUT2D eigenvalue weighted by atomic mass is 32.2. The Balaban J connectivity index is 3.08. The maximum Gasteiger partial charge on any atom is 0.244 e. The lowest BCUT2D eigenvalue weighted by molar-refractivity contribution is 0.568. The number of hydrogen-bond donors (Lipinski definition) is 2. The Kier molecular flexibility index (Phi) is 5.84. The first-order chi connectivity index (χ1) is 8.83. The van der Waals surface area contributed by atoms with Gasteiger partial charge in [-0.25, -0.2) is 13.1 Å². The number of nitrogens with zero attached hydrogens (tertiary/aromatic N) is 2. The van der Waals surface area contributed by atoms with Gasteiger partial charge in [-0.15, -0.1) is 0 Å². The average Bonchev–Trinajstić information content (AvgIpc) is 2.54. The van der Waals surface area contributed by atoms with Gasteiger partial charge in [-0.1, -0.05) is 0 Å². The van der Waals surface area contributed by atoms with Crippen molar-refractivity contribution in [2.24, 2.45) is 5.73 Å². The summed E-state index contributed by atoms with van der Waals surface area (Å²) in [7, 11) is -3.53. The number of thioether (sulfide) groups is 1. The topological polar surface area (TPSA) is 90.0 Å². The predicted molar refractivity (Wildman–Crippen MR) is 78.9 cm³/mol. The normalized spacial score (nSPS) is 13.7. The van der Waals surface area contributed by atoms with Gasteiger partial charge >= 0.3 is 0 Å². The second-order valence-electron chi connectivity index (χ2n) is 4.49. The minimum atomic E-state index is -3.53. The lowest BCUT2D eigenvalue weighted by Gasteiger charge is -2.13. The zero-order valence-electron chi connectivity index (χ0n) is 11.8. The molecule has 1 aromatic rings. The van der Waals surface area contributed by atoms with Crippen molar-refractivity contribution in [1.82, 2.24) is 14.5 Å². The Bertz CT molecular complexity index is 525. The molecular weight excluding hydrogens is 284 g/mol. The van der Waals surface area contributed by atoms with E-state index in [1.165, 1.54) is 0 Å². The third-order valence-corrected chi connectivity index (χ3v) is 5.37. The summed E-state index contributed by atoms with van der Waals surface area (Å²) in [5.41, 5.74) is 6.63. The summed E-state index contributed by atoms with van der Waals surface area (Å²) >= 11 is 1.60. The molecule has 6 nitrogen and oxygen atoms in total. The van der Waals surface area contributed by atoms with Crippen molar-refractivity contribution in [3.8, 4) is 0 Å². The molecule has 3 N–H and O–H groups in total. The van der Waals surface area contributed by atoms with E-state index in [-0.39, 0.29) is 10.9 Å². The van der Waals surface area contributed by atoms with Gasteiger partial charge in [-0.2, -0.15) is 16.9 Å². The summed E-state index contributed by atoms with van der Waals surface area (Å²) in [6.45, 7) is 6.25. The van der Waals surface area contributed by atoms with Crippen LogP contribution in [-0.2, 0) is 16.6 Å². The fourth-order valence-corrected chi connectivity index (χ4v) is 4.36. The molecule has 0 saturated carbocycles. The Morgan fingerprint density at radius 1 is 1.47 bits per heavy atom. The van der Waals surface area contributed by atoms with Crippen LogP contribution in [0.5, 0.6) is 0 Å². The van der Waals surface area contributed by atoms with Crippen molar-refractivity contribution in [3.63, 3.8) is 0 Å². The molecule has 0 amide bonds. The first-order valence-corrected chi connectivity index (χ1v) is 8.96. The first-order valence-electron chi connectivity index (χ1n) is 6.08. The second-order valence-corrected chi connectivity index (χ2v) is 7.05. The van der Waals surface area contributed by atoms with Gasteiger partial charge in [0.25, 0.3) is 0 Å². The van der Waals surface area contributed by atoms with Crippen LogP contribution in [0.2, 0.25) is 0 Å². The van der Waals surface area contributed by atoms with E-state index >= 15 is 0 Å². The van der Waals surface area contributed by atoms with Crippen LogP contribution in [0.4, 0.5) is 0 Å². The van der Waals surface area contributed by atoms with E-state index < -0.39 is 10.0 Å². The molecule has 1 unspecified atom stereocenters. The molecular formula is C11H22N4O2S2. The minimum absolute atomic E-state index is 0.114. The van der Waals surface area contributed by atoms with E-state index in [0.717, 1.165) is 5.75 Å². The number of aromatic nitrogens is 2. The Hall–Kier alpha value is -0.570. The second kappa shape index (κ2) is 6.74. The molecule has 1 heterocycles. The number of aryl methyl sites for hydroxylation is 1. The zero-order valence-corrected chi connectivity index (χ0v) is 13.4. The van der Waals surface area contributed by atoms with Crippen LogP contribution < -0.4 is 10.5 Å². The van der Waals surface area contributed by atoms with Crippen molar-refractivity contribution in [2.75, 3.05) is 18.6 Å². The minimum Gasteiger partial charge on any atom is -0.329 e. The fraction of sp³-hybridized carbons (Fsp3) is 0.727. The van der Waals surface area contributed by atoms with E-state index in [2.05, 4.69) is 9.82 Å². The third-order valence-electron chi connectivity index (χ3n) is 2.70. The van der Waals surface area contributed by atoms with Crippen molar-refractivity contribution in [3.05, 3.63) is 11.4 Å². The highest BCUT2D eigenvalue weighted by Crippen LogP contribution is 2.19. The molecule has 0 radical (unpaired) electrons. The van der Waals surface area contributed by atoms with E-state index in [1.54, 1.807) is 30.3 Å². The molecule has 0 spiro atoms. The lowest BCUT2D eigenvalue weighted by atomic mass is 10.4. The predicted octanol–water partition coefficient (Wildman–Crippen LogP) is 0.488. The molecule has 0 aromatic carbocycles. The molecule has 1 aromatic heterocycles. The molecule has 0 aliphatic carbocycles. The number of sulfonamides is 1. The van der Waals surface area contributed by atoms with E-state index in [4.69, 9.17) is 5.73 Å². The van der Waals surface area contributed by atoms with E-state index in [9.17, 15) is 8.42 Å². The first kappa shape index (κ1) is 16.5. The maximum absolute atomic E-state index is 12.4. The molecule has 110 valence electrons. The third kappa shape index (κ3) is 3.95. The molecule has 0 saturated heterocycles. The van der Waals surface area contributed by atoms with Crippen LogP contribution in [0, 0.1) is 13.8 Å². The number of rotatable bonds is 7.